The first kappa shape index (κ1) is 14.9. The molecule has 7 heteroatoms. The number of carbonyl (C=O) groups is 1. The Morgan fingerprint density at radius 3 is 2.80 bits per heavy atom. The van der Waals surface area contributed by atoms with Crippen LogP contribution >= 0.6 is 0 Å². The molecule has 1 N–H and O–H groups in total. The van der Waals surface area contributed by atoms with Gasteiger partial charge in [0.05, 0.1) is 17.1 Å². The molecule has 0 saturated carbocycles. The molecule has 0 aliphatic carbocycles. The number of carboxylic acid groups (broad SMARTS) is 1. The predicted octanol–water partition coefficient (Wildman–Crippen LogP) is 1.14. The van der Waals surface area contributed by atoms with E-state index in [1.807, 2.05) is 4.90 Å². The summed E-state index contributed by atoms with van der Waals surface area (Å²) in [5, 5.41) is 8.88. The van der Waals surface area contributed by atoms with Crippen molar-refractivity contribution in [3.63, 3.8) is 0 Å². The molecule has 20 heavy (non-hydrogen) atoms. The molecule has 1 aliphatic rings. The van der Waals surface area contributed by atoms with E-state index < -0.39 is 21.6 Å². The summed E-state index contributed by atoms with van der Waals surface area (Å²) in [7, 11) is -3.02. The third kappa shape index (κ3) is 3.16. The van der Waals surface area contributed by atoms with Gasteiger partial charge in [-0.25, -0.2) is 17.6 Å². The van der Waals surface area contributed by atoms with Gasteiger partial charge in [-0.3, -0.25) is 4.90 Å². The molecule has 2 rings (SSSR count). The van der Waals surface area contributed by atoms with Gasteiger partial charge < -0.3 is 5.11 Å². The van der Waals surface area contributed by atoms with Gasteiger partial charge in [0.25, 0.3) is 0 Å². The number of nitrogens with zero attached hydrogens (tertiary/aromatic N) is 1. The summed E-state index contributed by atoms with van der Waals surface area (Å²) in [5.41, 5.74) is -0.0872. The average Bonchev–Trinajstić information content (AvgIpc) is 2.34. The van der Waals surface area contributed by atoms with E-state index in [1.54, 1.807) is 6.92 Å². The number of carboxylic acids is 1. The van der Waals surface area contributed by atoms with Crippen LogP contribution in [0.15, 0.2) is 18.2 Å². The van der Waals surface area contributed by atoms with Gasteiger partial charge >= 0.3 is 5.97 Å². The molecule has 1 atom stereocenters. The number of benzene rings is 1. The van der Waals surface area contributed by atoms with Crippen molar-refractivity contribution in [2.75, 3.05) is 18.1 Å². The number of hydrogen-bond acceptors (Lipinski definition) is 4. The second kappa shape index (κ2) is 5.49. The van der Waals surface area contributed by atoms with Crippen LogP contribution in [0.1, 0.15) is 22.8 Å². The summed E-state index contributed by atoms with van der Waals surface area (Å²) in [5.74, 6) is -1.95. The van der Waals surface area contributed by atoms with E-state index in [2.05, 4.69) is 0 Å². The maximum Gasteiger partial charge on any atom is 0.338 e. The van der Waals surface area contributed by atoms with Crippen molar-refractivity contribution in [2.45, 2.75) is 19.5 Å². The highest BCUT2D eigenvalue weighted by Gasteiger charge is 2.28. The molecule has 1 aromatic rings. The van der Waals surface area contributed by atoms with E-state index in [4.69, 9.17) is 5.11 Å². The minimum Gasteiger partial charge on any atom is -0.478 e. The van der Waals surface area contributed by atoms with Crippen molar-refractivity contribution in [1.82, 2.24) is 4.90 Å². The lowest BCUT2D eigenvalue weighted by Gasteiger charge is -2.33. The largest absolute Gasteiger partial charge is 0.478 e. The third-order valence-electron chi connectivity index (χ3n) is 3.49. The van der Waals surface area contributed by atoms with Crippen molar-refractivity contribution in [3.8, 4) is 0 Å². The number of aromatic carboxylic acids is 1. The number of sulfone groups is 1. The van der Waals surface area contributed by atoms with Crippen LogP contribution in [0.4, 0.5) is 4.39 Å². The van der Waals surface area contributed by atoms with Crippen molar-refractivity contribution < 1.29 is 22.7 Å². The molecular formula is C13H16FNO4S. The van der Waals surface area contributed by atoms with Gasteiger partial charge in [-0.05, 0) is 13.0 Å². The first-order valence-corrected chi connectivity index (χ1v) is 8.07. The molecule has 1 aromatic carbocycles. The Bertz CT molecular complexity index is 629. The molecule has 1 fully saturated rings. The fourth-order valence-electron chi connectivity index (χ4n) is 2.35. The smallest absolute Gasteiger partial charge is 0.338 e. The monoisotopic (exact) mass is 301 g/mol. The van der Waals surface area contributed by atoms with Crippen LogP contribution in [-0.2, 0) is 16.4 Å². The summed E-state index contributed by atoms with van der Waals surface area (Å²) >= 11 is 0. The lowest BCUT2D eigenvalue weighted by Crippen LogP contribution is -2.46. The highest BCUT2D eigenvalue weighted by Crippen LogP contribution is 2.19. The molecule has 1 heterocycles. The van der Waals surface area contributed by atoms with Gasteiger partial charge in [0.1, 0.15) is 5.82 Å². The quantitative estimate of drug-likeness (QED) is 0.906. The second-order valence-corrected chi connectivity index (χ2v) is 7.25. The SMILES string of the molecule is CC1CS(=O)(=O)CCN1Cc1cccc(C(=O)O)c1F. The Morgan fingerprint density at radius 1 is 1.50 bits per heavy atom. The van der Waals surface area contributed by atoms with E-state index >= 15 is 0 Å². The Balaban J connectivity index is 2.19. The molecule has 0 radical (unpaired) electrons. The van der Waals surface area contributed by atoms with Crippen LogP contribution in [0.2, 0.25) is 0 Å². The van der Waals surface area contributed by atoms with Crippen molar-refractivity contribution in [3.05, 3.63) is 35.1 Å². The fourth-order valence-corrected chi connectivity index (χ4v) is 3.98. The minimum atomic E-state index is -3.02. The van der Waals surface area contributed by atoms with E-state index in [-0.39, 0.29) is 35.2 Å². The Hall–Kier alpha value is -1.47. The van der Waals surface area contributed by atoms with Crippen LogP contribution < -0.4 is 0 Å². The zero-order chi connectivity index (χ0) is 14.9. The summed E-state index contributed by atoms with van der Waals surface area (Å²) in [6.45, 7) is 2.32. The zero-order valence-electron chi connectivity index (χ0n) is 11.0. The van der Waals surface area contributed by atoms with Crippen molar-refractivity contribution >= 4 is 15.8 Å². The molecule has 0 amide bonds. The lowest BCUT2D eigenvalue weighted by atomic mass is 10.1. The van der Waals surface area contributed by atoms with E-state index in [0.717, 1.165) is 0 Å². The fraction of sp³-hybridized carbons (Fsp3) is 0.462. The molecule has 5 nitrogen and oxygen atoms in total. The van der Waals surface area contributed by atoms with Gasteiger partial charge in [0.15, 0.2) is 9.84 Å². The minimum absolute atomic E-state index is 0.0488. The maximum absolute atomic E-state index is 14.0. The highest BCUT2D eigenvalue weighted by atomic mass is 32.2. The average molecular weight is 301 g/mol. The molecule has 1 saturated heterocycles. The van der Waals surface area contributed by atoms with Gasteiger partial charge in [-0.1, -0.05) is 12.1 Å². The predicted molar refractivity (Wildman–Crippen MR) is 71.9 cm³/mol. The molecule has 110 valence electrons. The zero-order valence-corrected chi connectivity index (χ0v) is 11.9. The Kier molecular flexibility index (Phi) is 4.10. The summed E-state index contributed by atoms with van der Waals surface area (Å²) in [6, 6.07) is 4.03. The van der Waals surface area contributed by atoms with Gasteiger partial charge in [0, 0.05) is 24.7 Å². The molecule has 1 unspecified atom stereocenters. The first-order valence-electron chi connectivity index (χ1n) is 6.25. The molecule has 0 bridgehead atoms. The second-order valence-electron chi connectivity index (χ2n) is 5.02. The highest BCUT2D eigenvalue weighted by molar-refractivity contribution is 7.91. The van der Waals surface area contributed by atoms with Gasteiger partial charge in [-0.15, -0.1) is 0 Å². The van der Waals surface area contributed by atoms with Crippen LogP contribution in [0.5, 0.6) is 0 Å². The van der Waals surface area contributed by atoms with Crippen LogP contribution in [0.3, 0.4) is 0 Å². The summed E-state index contributed by atoms with van der Waals surface area (Å²) in [4.78, 5) is 12.7. The molecular weight excluding hydrogens is 285 g/mol. The van der Waals surface area contributed by atoms with Gasteiger partial charge in [-0.2, -0.15) is 0 Å². The third-order valence-corrected chi connectivity index (χ3v) is 5.29. The normalized spacial score (nSPS) is 22.6. The number of hydrogen-bond donors (Lipinski definition) is 1. The van der Waals surface area contributed by atoms with Crippen molar-refractivity contribution in [1.29, 1.82) is 0 Å². The molecule has 1 aliphatic heterocycles. The van der Waals surface area contributed by atoms with Crippen LogP contribution in [0.25, 0.3) is 0 Å². The van der Waals surface area contributed by atoms with E-state index in [1.165, 1.54) is 18.2 Å². The molecule has 0 aromatic heterocycles. The van der Waals surface area contributed by atoms with E-state index in [0.29, 0.717) is 6.54 Å². The first-order chi connectivity index (χ1) is 9.30. The topological polar surface area (TPSA) is 74.7 Å². The summed E-state index contributed by atoms with van der Waals surface area (Å²) < 4.78 is 37.0. The van der Waals surface area contributed by atoms with E-state index in [9.17, 15) is 17.6 Å². The summed E-state index contributed by atoms with van der Waals surface area (Å²) in [6.07, 6.45) is 0. The van der Waals surface area contributed by atoms with Crippen molar-refractivity contribution in [2.24, 2.45) is 0 Å². The standard InChI is InChI=1S/C13H16FNO4S/c1-9-8-20(18,19)6-5-15(9)7-10-3-2-4-11(12(10)14)13(16)17/h2-4,9H,5-8H2,1H3,(H,16,17). The van der Waals surface area contributed by atoms with Gasteiger partial charge in [0.2, 0.25) is 0 Å². The number of rotatable bonds is 3. The Labute approximate surface area is 116 Å². The van der Waals surface area contributed by atoms with Crippen LogP contribution in [-0.4, -0.2) is 48.5 Å². The molecule has 0 spiro atoms. The van der Waals surface area contributed by atoms with Crippen LogP contribution in [0, 0.1) is 5.82 Å². The lowest BCUT2D eigenvalue weighted by molar-refractivity contribution is 0.0691. The number of halogens is 1. The Morgan fingerprint density at radius 2 is 2.20 bits per heavy atom. The maximum atomic E-state index is 14.0.